The van der Waals surface area contributed by atoms with Crippen molar-refractivity contribution in [3.63, 3.8) is 0 Å². The summed E-state index contributed by atoms with van der Waals surface area (Å²) in [4.78, 5) is 11.4. The van der Waals surface area contributed by atoms with Crippen LogP contribution in [0, 0.1) is 0 Å². The zero-order chi connectivity index (χ0) is 14.6. The van der Waals surface area contributed by atoms with Gasteiger partial charge in [0.05, 0.1) is 0 Å². The molecule has 112 valence electrons. The van der Waals surface area contributed by atoms with Crippen molar-refractivity contribution in [3.05, 3.63) is 17.5 Å². The molecule has 8 heteroatoms. The van der Waals surface area contributed by atoms with Gasteiger partial charge in [-0.15, -0.1) is 11.3 Å². The van der Waals surface area contributed by atoms with Gasteiger partial charge in [-0.2, -0.15) is 4.31 Å². The number of hydrogen-bond acceptors (Lipinski definition) is 5. The number of carbonyl (C=O) groups excluding carboxylic acids is 1. The first-order chi connectivity index (χ1) is 9.54. The molecule has 0 aliphatic carbocycles. The maximum atomic E-state index is 12.3. The summed E-state index contributed by atoms with van der Waals surface area (Å²) in [6.45, 7) is 0.893. The number of rotatable bonds is 5. The number of nitrogens with one attached hydrogen (secondary N) is 1. The van der Waals surface area contributed by atoms with Gasteiger partial charge in [0.2, 0.25) is 5.91 Å². The van der Waals surface area contributed by atoms with Crippen molar-refractivity contribution in [2.45, 2.75) is 23.1 Å². The van der Waals surface area contributed by atoms with Gasteiger partial charge in [0.1, 0.15) is 10.8 Å². The number of sulfonamides is 1. The van der Waals surface area contributed by atoms with E-state index in [-0.39, 0.29) is 18.6 Å². The van der Waals surface area contributed by atoms with Crippen molar-refractivity contribution in [2.24, 2.45) is 0 Å². The molecule has 20 heavy (non-hydrogen) atoms. The van der Waals surface area contributed by atoms with Gasteiger partial charge >= 0.3 is 0 Å². The Morgan fingerprint density at radius 2 is 2.20 bits per heavy atom. The number of methoxy groups -OCH3 is 1. The molecule has 6 nitrogen and oxygen atoms in total. The van der Waals surface area contributed by atoms with Gasteiger partial charge in [-0.05, 0) is 24.3 Å². The van der Waals surface area contributed by atoms with Crippen molar-refractivity contribution in [3.8, 4) is 0 Å². The van der Waals surface area contributed by atoms with Crippen LogP contribution in [0.4, 0.5) is 0 Å². The molecule has 0 radical (unpaired) electrons. The number of piperidine rings is 1. The van der Waals surface area contributed by atoms with Crippen LogP contribution in [0.2, 0.25) is 0 Å². The minimum atomic E-state index is -3.37. The molecule has 1 amide bonds. The van der Waals surface area contributed by atoms with E-state index in [0.29, 0.717) is 30.1 Å². The summed E-state index contributed by atoms with van der Waals surface area (Å²) in [5.41, 5.74) is 0. The first kappa shape index (κ1) is 15.4. The molecule has 0 spiro atoms. The molecule has 0 saturated carbocycles. The van der Waals surface area contributed by atoms with Crippen LogP contribution in [0.1, 0.15) is 12.8 Å². The van der Waals surface area contributed by atoms with E-state index in [4.69, 9.17) is 4.74 Å². The van der Waals surface area contributed by atoms with Gasteiger partial charge in [-0.3, -0.25) is 4.79 Å². The molecule has 1 N–H and O–H groups in total. The van der Waals surface area contributed by atoms with E-state index in [1.165, 1.54) is 22.8 Å². The summed E-state index contributed by atoms with van der Waals surface area (Å²) in [5.74, 6) is -0.160. The molecular weight excluding hydrogens is 300 g/mol. The second kappa shape index (κ2) is 6.66. The topological polar surface area (TPSA) is 75.7 Å². The van der Waals surface area contributed by atoms with Crippen LogP contribution in [-0.2, 0) is 19.6 Å². The lowest BCUT2D eigenvalue weighted by Gasteiger charge is -2.31. The van der Waals surface area contributed by atoms with E-state index in [1.807, 2.05) is 0 Å². The van der Waals surface area contributed by atoms with Gasteiger partial charge in [0.15, 0.2) is 0 Å². The first-order valence-corrected chi connectivity index (χ1v) is 8.68. The molecular formula is C12H18N2O4S2. The standard InChI is InChI=1S/C12H18N2O4S2/c1-18-9-11(15)13-10-4-6-14(7-5-10)20(16,17)12-3-2-8-19-12/h2-3,8,10H,4-7,9H2,1H3,(H,13,15). The van der Waals surface area contributed by atoms with Gasteiger partial charge in [0.25, 0.3) is 10.0 Å². The molecule has 1 aromatic heterocycles. The van der Waals surface area contributed by atoms with Crippen molar-refractivity contribution in [1.29, 1.82) is 0 Å². The molecule has 1 fully saturated rings. The van der Waals surface area contributed by atoms with Gasteiger partial charge < -0.3 is 10.1 Å². The van der Waals surface area contributed by atoms with Crippen LogP contribution >= 0.6 is 11.3 Å². The largest absolute Gasteiger partial charge is 0.375 e. The summed E-state index contributed by atoms with van der Waals surface area (Å²) in [7, 11) is -1.90. The Bertz CT molecular complexity index is 534. The Morgan fingerprint density at radius 3 is 2.75 bits per heavy atom. The molecule has 0 aromatic carbocycles. The summed E-state index contributed by atoms with van der Waals surface area (Å²) < 4.78 is 31.2. The average Bonchev–Trinajstić information content (AvgIpc) is 2.94. The molecule has 1 aliphatic heterocycles. The highest BCUT2D eigenvalue weighted by Crippen LogP contribution is 2.24. The molecule has 0 bridgehead atoms. The van der Waals surface area contributed by atoms with E-state index in [0.717, 1.165) is 0 Å². The average molecular weight is 318 g/mol. The number of thiophene rings is 1. The Hall–Kier alpha value is -0.960. The minimum absolute atomic E-state index is 0.0208. The fourth-order valence-electron chi connectivity index (χ4n) is 2.18. The van der Waals surface area contributed by atoms with Crippen molar-refractivity contribution in [2.75, 3.05) is 26.8 Å². The fraction of sp³-hybridized carbons (Fsp3) is 0.583. The maximum Gasteiger partial charge on any atom is 0.252 e. The van der Waals surface area contributed by atoms with E-state index in [9.17, 15) is 13.2 Å². The van der Waals surface area contributed by atoms with Crippen LogP contribution in [-0.4, -0.2) is 51.5 Å². The highest BCUT2D eigenvalue weighted by molar-refractivity contribution is 7.91. The van der Waals surface area contributed by atoms with E-state index in [1.54, 1.807) is 17.5 Å². The summed E-state index contributed by atoms with van der Waals surface area (Å²) in [5, 5.41) is 4.60. The number of carbonyl (C=O) groups is 1. The van der Waals surface area contributed by atoms with Gasteiger partial charge in [-0.1, -0.05) is 6.07 Å². The van der Waals surface area contributed by atoms with E-state index < -0.39 is 10.0 Å². The lowest BCUT2D eigenvalue weighted by Crippen LogP contribution is -2.47. The number of ether oxygens (including phenoxy) is 1. The number of amides is 1. The first-order valence-electron chi connectivity index (χ1n) is 6.36. The monoisotopic (exact) mass is 318 g/mol. The van der Waals surface area contributed by atoms with Crippen molar-refractivity contribution >= 4 is 27.3 Å². The third-order valence-electron chi connectivity index (χ3n) is 3.18. The molecule has 1 saturated heterocycles. The summed E-state index contributed by atoms with van der Waals surface area (Å²) in [6.07, 6.45) is 1.25. The zero-order valence-electron chi connectivity index (χ0n) is 11.2. The second-order valence-electron chi connectivity index (χ2n) is 4.61. The number of hydrogen-bond donors (Lipinski definition) is 1. The SMILES string of the molecule is COCC(=O)NC1CCN(S(=O)(=O)c2cccs2)CC1. The van der Waals surface area contributed by atoms with E-state index >= 15 is 0 Å². The van der Waals surface area contributed by atoms with Crippen molar-refractivity contribution in [1.82, 2.24) is 9.62 Å². The van der Waals surface area contributed by atoms with Gasteiger partial charge in [-0.25, -0.2) is 8.42 Å². The molecule has 0 atom stereocenters. The predicted molar refractivity (Wildman–Crippen MR) is 76.1 cm³/mol. The maximum absolute atomic E-state index is 12.3. The van der Waals surface area contributed by atoms with Crippen LogP contribution in [0.3, 0.4) is 0 Å². The minimum Gasteiger partial charge on any atom is -0.375 e. The van der Waals surface area contributed by atoms with Crippen LogP contribution in [0.15, 0.2) is 21.7 Å². The fourth-order valence-corrected chi connectivity index (χ4v) is 4.79. The zero-order valence-corrected chi connectivity index (χ0v) is 12.9. The van der Waals surface area contributed by atoms with E-state index in [2.05, 4.69) is 5.32 Å². The highest BCUT2D eigenvalue weighted by atomic mass is 32.2. The molecule has 2 heterocycles. The van der Waals surface area contributed by atoms with Crippen molar-refractivity contribution < 1.29 is 17.9 Å². The molecule has 0 unspecified atom stereocenters. The lowest BCUT2D eigenvalue weighted by molar-refractivity contribution is -0.125. The van der Waals surface area contributed by atoms with Crippen LogP contribution in [0.5, 0.6) is 0 Å². The molecule has 1 aliphatic rings. The Kier molecular flexibility index (Phi) is 5.14. The highest BCUT2D eigenvalue weighted by Gasteiger charge is 2.30. The van der Waals surface area contributed by atoms with Crippen LogP contribution in [0.25, 0.3) is 0 Å². The number of nitrogens with zero attached hydrogens (tertiary/aromatic N) is 1. The molecule has 2 rings (SSSR count). The van der Waals surface area contributed by atoms with Crippen LogP contribution < -0.4 is 5.32 Å². The smallest absolute Gasteiger partial charge is 0.252 e. The lowest BCUT2D eigenvalue weighted by atomic mass is 10.1. The summed E-state index contributed by atoms with van der Waals surface area (Å²) in [6, 6.07) is 3.37. The third-order valence-corrected chi connectivity index (χ3v) is 6.46. The second-order valence-corrected chi connectivity index (χ2v) is 7.72. The summed E-state index contributed by atoms with van der Waals surface area (Å²) >= 11 is 1.23. The molecule has 1 aromatic rings. The Labute approximate surface area is 122 Å². The Morgan fingerprint density at radius 1 is 1.50 bits per heavy atom. The third kappa shape index (κ3) is 3.57. The normalized spacial score (nSPS) is 18.1. The quantitative estimate of drug-likeness (QED) is 0.865. The van der Waals surface area contributed by atoms with Gasteiger partial charge in [0, 0.05) is 26.2 Å². The Balaban J connectivity index is 1.90. The predicted octanol–water partition coefficient (Wildman–Crippen LogP) is 0.664.